The third kappa shape index (κ3) is 4.34. The van der Waals surface area contributed by atoms with Crippen LogP contribution in [0.1, 0.15) is 20.3 Å². The maximum Gasteiger partial charge on any atom is 0.364 e. The molecule has 0 aliphatic carbocycles. The van der Waals surface area contributed by atoms with Crippen molar-refractivity contribution in [2.75, 3.05) is 7.11 Å². The molecule has 144 valence electrons. The number of aromatic amines is 1. The number of rotatable bonds is 7. The van der Waals surface area contributed by atoms with Gasteiger partial charge in [0.05, 0.1) is 18.2 Å². The van der Waals surface area contributed by atoms with Gasteiger partial charge in [-0.05, 0) is 31.5 Å². The molecule has 3 N–H and O–H groups in total. The molecule has 9 nitrogen and oxygen atoms in total. The van der Waals surface area contributed by atoms with Crippen molar-refractivity contribution in [3.05, 3.63) is 33.6 Å². The van der Waals surface area contributed by atoms with Crippen molar-refractivity contribution in [3.63, 3.8) is 0 Å². The van der Waals surface area contributed by atoms with E-state index >= 15 is 0 Å². The van der Waals surface area contributed by atoms with Crippen LogP contribution in [-0.2, 0) is 23.9 Å². The molecule has 2 atom stereocenters. The molecule has 0 aliphatic rings. The summed E-state index contributed by atoms with van der Waals surface area (Å²) in [5.41, 5.74) is -0.628. The van der Waals surface area contributed by atoms with Crippen molar-refractivity contribution < 1.29 is 27.2 Å². The van der Waals surface area contributed by atoms with Crippen molar-refractivity contribution in [2.45, 2.75) is 31.3 Å². The number of fused-ring (bicyclic) bond motifs is 1. The van der Waals surface area contributed by atoms with Crippen LogP contribution in [0.2, 0.25) is 5.02 Å². The maximum atomic E-state index is 12.4. The van der Waals surface area contributed by atoms with Gasteiger partial charge in [-0.15, -0.1) is 0 Å². The van der Waals surface area contributed by atoms with Gasteiger partial charge in [0, 0.05) is 10.9 Å². The van der Waals surface area contributed by atoms with E-state index in [9.17, 15) is 22.7 Å². The quantitative estimate of drug-likeness (QED) is 0.454. The van der Waals surface area contributed by atoms with Gasteiger partial charge in [-0.3, -0.25) is 14.2 Å². The van der Waals surface area contributed by atoms with Crippen LogP contribution in [0.15, 0.2) is 27.9 Å². The Balaban J connectivity index is 2.67. The molecular formula is C14H18ClN2O7PS. The Kier molecular flexibility index (Phi) is 6.29. The molecule has 26 heavy (non-hydrogen) atoms. The summed E-state index contributed by atoms with van der Waals surface area (Å²) >= 11 is 5.97. The molecular weight excluding hydrogens is 407 g/mol. The van der Waals surface area contributed by atoms with E-state index in [0.29, 0.717) is 6.42 Å². The number of benzene rings is 1. The number of sulfonamides is 1. The van der Waals surface area contributed by atoms with Crippen LogP contribution in [-0.4, -0.2) is 31.5 Å². The first-order valence-corrected chi connectivity index (χ1v) is 10.9. The SMILES string of the molecule is CCC(C)OP(=O)(O)c1cc2cc(S(=O)(=O)NOC)c(Cl)cc2[nH]c1=O. The molecule has 0 amide bonds. The molecule has 2 aromatic rings. The van der Waals surface area contributed by atoms with Gasteiger partial charge >= 0.3 is 7.60 Å². The minimum Gasteiger partial charge on any atom is -0.321 e. The molecule has 1 aromatic carbocycles. The van der Waals surface area contributed by atoms with E-state index in [1.165, 1.54) is 6.07 Å². The van der Waals surface area contributed by atoms with Gasteiger partial charge in [-0.1, -0.05) is 23.4 Å². The molecule has 2 unspecified atom stereocenters. The van der Waals surface area contributed by atoms with Crippen LogP contribution in [0.25, 0.3) is 10.9 Å². The Bertz CT molecular complexity index is 1040. The van der Waals surface area contributed by atoms with Crippen LogP contribution in [0.3, 0.4) is 0 Å². The zero-order valence-electron chi connectivity index (χ0n) is 14.1. The number of hydrogen-bond acceptors (Lipinski definition) is 6. The molecule has 2 rings (SSSR count). The third-order valence-electron chi connectivity index (χ3n) is 3.56. The zero-order valence-corrected chi connectivity index (χ0v) is 16.6. The Labute approximate surface area is 154 Å². The fourth-order valence-corrected chi connectivity index (χ4v) is 4.88. The highest BCUT2D eigenvalue weighted by atomic mass is 35.5. The minimum atomic E-state index is -4.41. The van der Waals surface area contributed by atoms with E-state index in [4.69, 9.17) is 16.1 Å². The number of aromatic nitrogens is 1. The summed E-state index contributed by atoms with van der Waals surface area (Å²) in [6.07, 6.45) is -0.0792. The molecule has 0 spiro atoms. The summed E-state index contributed by atoms with van der Waals surface area (Å²) in [4.78, 5) is 30.7. The van der Waals surface area contributed by atoms with Gasteiger partial charge < -0.3 is 14.4 Å². The fourth-order valence-electron chi connectivity index (χ4n) is 2.14. The lowest BCUT2D eigenvalue weighted by molar-refractivity contribution is 0.153. The van der Waals surface area contributed by atoms with Crippen LogP contribution in [0, 0.1) is 0 Å². The van der Waals surface area contributed by atoms with Gasteiger partial charge in [0.1, 0.15) is 10.2 Å². The highest BCUT2D eigenvalue weighted by Crippen LogP contribution is 2.42. The van der Waals surface area contributed by atoms with Crippen LogP contribution in [0.5, 0.6) is 0 Å². The van der Waals surface area contributed by atoms with Crippen molar-refractivity contribution in [1.82, 2.24) is 9.87 Å². The fraction of sp³-hybridized carbons (Fsp3) is 0.357. The summed E-state index contributed by atoms with van der Waals surface area (Å²) in [6.45, 7) is 3.36. The van der Waals surface area contributed by atoms with Gasteiger partial charge in [0.15, 0.2) is 0 Å². The predicted octanol–water partition coefficient (Wildman–Crippen LogP) is 1.65. The Morgan fingerprint density at radius 3 is 2.62 bits per heavy atom. The zero-order chi connectivity index (χ0) is 19.7. The molecule has 0 radical (unpaired) electrons. The highest BCUT2D eigenvalue weighted by molar-refractivity contribution is 7.89. The van der Waals surface area contributed by atoms with E-state index in [1.54, 1.807) is 13.8 Å². The molecule has 12 heteroatoms. The molecule has 1 heterocycles. The second kappa shape index (κ2) is 7.77. The van der Waals surface area contributed by atoms with E-state index in [2.05, 4.69) is 9.82 Å². The summed E-state index contributed by atoms with van der Waals surface area (Å²) in [6, 6.07) is 3.49. The van der Waals surface area contributed by atoms with E-state index < -0.39 is 34.6 Å². The molecule has 0 bridgehead atoms. The molecule has 0 saturated carbocycles. The number of H-pyrrole nitrogens is 1. The Hall–Kier alpha value is -1.26. The molecule has 0 fully saturated rings. The number of pyridine rings is 1. The predicted molar refractivity (Wildman–Crippen MR) is 97.2 cm³/mol. The minimum absolute atomic E-state index is 0.159. The first-order valence-electron chi connectivity index (χ1n) is 7.45. The van der Waals surface area contributed by atoms with Gasteiger partial charge in [-0.2, -0.15) is 0 Å². The highest BCUT2D eigenvalue weighted by Gasteiger charge is 2.29. The normalized spacial score (nSPS) is 15.7. The van der Waals surface area contributed by atoms with Crippen LogP contribution < -0.4 is 15.7 Å². The average molecular weight is 425 g/mol. The third-order valence-corrected chi connectivity index (χ3v) is 6.88. The second-order valence-corrected chi connectivity index (χ2v) is 9.24. The van der Waals surface area contributed by atoms with E-state index in [0.717, 1.165) is 19.2 Å². The van der Waals surface area contributed by atoms with Crippen molar-refractivity contribution >= 4 is 45.4 Å². The van der Waals surface area contributed by atoms with Crippen LogP contribution >= 0.6 is 19.2 Å². The maximum absolute atomic E-state index is 12.4. The number of hydrogen-bond donors (Lipinski definition) is 3. The summed E-state index contributed by atoms with van der Waals surface area (Å²) in [5, 5.41) is -0.466. The second-order valence-electron chi connectivity index (χ2n) is 5.49. The topological polar surface area (TPSA) is 135 Å². The summed E-state index contributed by atoms with van der Waals surface area (Å²) < 4.78 is 41.7. The Morgan fingerprint density at radius 2 is 2.04 bits per heavy atom. The van der Waals surface area contributed by atoms with Crippen molar-refractivity contribution in [2.24, 2.45) is 0 Å². The lowest BCUT2D eigenvalue weighted by Gasteiger charge is -2.16. The lowest BCUT2D eigenvalue weighted by Crippen LogP contribution is -2.29. The first-order chi connectivity index (χ1) is 12.0. The smallest absolute Gasteiger partial charge is 0.321 e. The first kappa shape index (κ1) is 21.0. The lowest BCUT2D eigenvalue weighted by atomic mass is 10.2. The van der Waals surface area contributed by atoms with Gasteiger partial charge in [0.2, 0.25) is 0 Å². The van der Waals surface area contributed by atoms with Crippen molar-refractivity contribution in [3.8, 4) is 0 Å². The molecule has 0 aliphatic heterocycles. The summed E-state index contributed by atoms with van der Waals surface area (Å²) in [5.74, 6) is 0. The van der Waals surface area contributed by atoms with Gasteiger partial charge in [0.25, 0.3) is 15.6 Å². The molecule has 0 saturated heterocycles. The summed E-state index contributed by atoms with van der Waals surface area (Å²) in [7, 11) is -7.36. The van der Waals surface area contributed by atoms with E-state index in [1.807, 2.05) is 4.89 Å². The molecule has 1 aromatic heterocycles. The largest absolute Gasteiger partial charge is 0.364 e. The van der Waals surface area contributed by atoms with Crippen molar-refractivity contribution in [1.29, 1.82) is 0 Å². The van der Waals surface area contributed by atoms with E-state index in [-0.39, 0.29) is 20.8 Å². The number of nitrogens with one attached hydrogen (secondary N) is 2. The van der Waals surface area contributed by atoms with Gasteiger partial charge in [-0.25, -0.2) is 8.42 Å². The Morgan fingerprint density at radius 1 is 1.38 bits per heavy atom. The average Bonchev–Trinajstić information content (AvgIpc) is 2.52. The monoisotopic (exact) mass is 424 g/mol. The standard InChI is InChI=1S/C14H18ClN2O7PS/c1-4-8(2)24-25(19,20)12-5-9-6-13(26(21,22)17-23-3)10(15)7-11(9)16-14(12)18/h5-8,17H,4H2,1-3H3,(H,16,18)(H,19,20). The van der Waals surface area contributed by atoms with Crippen LogP contribution in [0.4, 0.5) is 0 Å². The number of halogens is 1.